The van der Waals surface area contributed by atoms with E-state index in [4.69, 9.17) is 0 Å². The Hall–Kier alpha value is -7.01. The first-order valence-electron chi connectivity index (χ1n) is 26.1. The Morgan fingerprint density at radius 1 is 0.278 bits per heavy atom. The number of nitrogens with zero attached hydrogens (tertiary/aromatic N) is 11. The third-order valence-electron chi connectivity index (χ3n) is 9.07. The molecule has 0 atom stereocenters. The van der Waals surface area contributed by atoms with Crippen molar-refractivity contribution in [3.63, 3.8) is 0 Å². The Morgan fingerprint density at radius 3 is 0.972 bits per heavy atom. The van der Waals surface area contributed by atoms with Crippen LogP contribution in [0.25, 0.3) is 45.0 Å². The lowest BCUT2D eigenvalue weighted by atomic mass is 10.1. The molecule has 7 aromatic heterocycles. The van der Waals surface area contributed by atoms with E-state index in [1.54, 1.807) is 50.0 Å². The maximum absolute atomic E-state index is 4.26. The lowest BCUT2D eigenvalue weighted by molar-refractivity contribution is -0.663. The van der Waals surface area contributed by atoms with Crippen LogP contribution in [-0.2, 0) is 28.2 Å². The van der Waals surface area contributed by atoms with Crippen molar-refractivity contribution in [2.24, 2.45) is 28.2 Å². The second-order valence-corrected chi connectivity index (χ2v) is 13.1. The molecule has 392 valence electrons. The summed E-state index contributed by atoms with van der Waals surface area (Å²) in [5.74, 6) is 0. The third kappa shape index (κ3) is 25.7. The second kappa shape index (κ2) is 47.7. The number of aromatic nitrogens is 11. The summed E-state index contributed by atoms with van der Waals surface area (Å²) >= 11 is 0. The molecule has 0 bridgehead atoms. The summed E-state index contributed by atoms with van der Waals surface area (Å²) in [4.78, 5) is 28.7. The van der Waals surface area contributed by atoms with Gasteiger partial charge in [-0.2, -0.15) is 0 Å². The van der Waals surface area contributed by atoms with Crippen molar-refractivity contribution in [3.05, 3.63) is 176 Å². The Kier molecular flexibility index (Phi) is 47.4. The minimum absolute atomic E-state index is 1.04. The average molecular weight is 985 g/mol. The molecule has 0 fully saturated rings. The normalized spacial score (nSPS) is 8.56. The first kappa shape index (κ1) is 71.5. The Balaban J connectivity index is -0.000000391. The minimum Gasteiger partial charge on any atom is -0.264 e. The van der Waals surface area contributed by atoms with Gasteiger partial charge < -0.3 is 0 Å². The molecule has 0 radical (unpaired) electrons. The summed E-state index contributed by atoms with van der Waals surface area (Å²) in [6, 6.07) is 24.4. The van der Waals surface area contributed by atoms with Gasteiger partial charge in [0.05, 0.1) is 28.2 Å². The number of rotatable bonds is 4. The highest BCUT2D eigenvalue weighted by molar-refractivity contribution is 5.61. The quantitative estimate of drug-likeness (QED) is 0.162. The van der Waals surface area contributed by atoms with Gasteiger partial charge in [0, 0.05) is 83.2 Å². The van der Waals surface area contributed by atoms with E-state index in [0.717, 1.165) is 33.9 Å². The van der Waals surface area contributed by atoms with Gasteiger partial charge in [0.2, 0.25) is 0 Å². The topological polar surface area (TPSA) is 106 Å². The van der Waals surface area contributed by atoms with Gasteiger partial charge in [-0.05, 0) is 68.7 Å². The summed E-state index contributed by atoms with van der Waals surface area (Å²) in [6.07, 6.45) is 23.6. The summed E-state index contributed by atoms with van der Waals surface area (Å²) in [5, 5.41) is 0. The smallest absolute Gasteiger partial charge is 0.264 e. The van der Waals surface area contributed by atoms with Crippen molar-refractivity contribution in [1.29, 1.82) is 0 Å². The molecule has 1 aromatic carbocycles. The molecule has 0 unspecified atom stereocenters. The average Bonchev–Trinajstić information content (AvgIpc) is 3.45. The molecule has 0 aliphatic rings. The van der Waals surface area contributed by atoms with Crippen LogP contribution in [0.2, 0.25) is 0 Å². The molecule has 0 saturated carbocycles. The molecule has 0 aliphatic carbocycles. The van der Waals surface area contributed by atoms with Crippen LogP contribution in [0.15, 0.2) is 154 Å². The van der Waals surface area contributed by atoms with Crippen LogP contribution in [-0.4, -0.2) is 34.9 Å². The van der Waals surface area contributed by atoms with Crippen molar-refractivity contribution in [3.8, 4) is 45.0 Å². The zero-order valence-corrected chi connectivity index (χ0v) is 49.4. The summed E-state index contributed by atoms with van der Waals surface area (Å²) in [7, 11) is 7.96. The highest BCUT2D eigenvalue weighted by Crippen LogP contribution is 2.20. The molecular formula is C61H97N11+4. The molecule has 0 amide bonds. The predicted octanol–water partition coefficient (Wildman–Crippen LogP) is 13.9. The number of benzene rings is 1. The van der Waals surface area contributed by atoms with Crippen LogP contribution in [0, 0.1) is 27.7 Å². The molecule has 11 nitrogen and oxygen atoms in total. The summed E-state index contributed by atoms with van der Waals surface area (Å²) in [5.41, 5.74) is 14.1. The van der Waals surface area contributed by atoms with Crippen molar-refractivity contribution >= 4 is 0 Å². The van der Waals surface area contributed by atoms with Crippen LogP contribution in [0.3, 0.4) is 0 Å². The van der Waals surface area contributed by atoms with Gasteiger partial charge in [-0.3, -0.25) is 15.0 Å². The highest BCUT2D eigenvalue weighted by Gasteiger charge is 2.11. The van der Waals surface area contributed by atoms with Gasteiger partial charge in [-0.25, -0.2) is 18.3 Å². The molecule has 11 heteroatoms. The molecule has 0 spiro atoms. The standard InChI is InChI=1S/C12H13N2.3C11H12N3.8C2H6/c1-10-5-3-4-6-11(10)12-7-8-13-9-14(12)2;1-9-7-12-5-3-10(9)11-4-6-13-8-14(11)2;1-9-3-5-12-7-10(9)11-4-6-13-8-14(11)2;1-9-10(4-3-6-13-9)11-5-7-12-8-14(11)2;8*1-2/h3-9H,1-2H3;3*3-8H,1-2H3;8*1-2H3/q4*+1;;;;;;;;. The maximum atomic E-state index is 4.26. The lowest BCUT2D eigenvalue weighted by Gasteiger charge is -2.04. The fourth-order valence-electron chi connectivity index (χ4n) is 5.95. The van der Waals surface area contributed by atoms with Gasteiger partial charge in [0.25, 0.3) is 25.3 Å². The van der Waals surface area contributed by atoms with Gasteiger partial charge in [0.15, 0.2) is 0 Å². The SMILES string of the molecule is CC.CC.CC.CC.CC.CC.CC.CC.Cc1ccccc1-c1ccnc[n+]1C.Cc1ccncc1-c1ccnc[n+]1C.Cc1cnccc1-c1ccnc[n+]1C.Cc1ncccc1-c1ccnc[n+]1C. The van der Waals surface area contributed by atoms with Crippen molar-refractivity contribution in [1.82, 2.24) is 34.9 Å². The van der Waals surface area contributed by atoms with E-state index < -0.39 is 0 Å². The number of aryl methyl sites for hydroxylation is 8. The van der Waals surface area contributed by atoms with Crippen LogP contribution in [0.5, 0.6) is 0 Å². The minimum atomic E-state index is 1.04. The van der Waals surface area contributed by atoms with Crippen molar-refractivity contribution < 1.29 is 18.3 Å². The summed E-state index contributed by atoms with van der Waals surface area (Å²) in [6.45, 7) is 40.3. The van der Waals surface area contributed by atoms with E-state index in [0.29, 0.717) is 0 Å². The van der Waals surface area contributed by atoms with Gasteiger partial charge >= 0.3 is 0 Å². The molecule has 7 heterocycles. The first-order chi connectivity index (χ1) is 35.2. The van der Waals surface area contributed by atoms with E-state index in [-0.39, 0.29) is 0 Å². The van der Waals surface area contributed by atoms with Crippen LogP contribution in [0.1, 0.15) is 133 Å². The molecule has 0 saturated heterocycles. The van der Waals surface area contributed by atoms with E-state index >= 15 is 0 Å². The zero-order valence-electron chi connectivity index (χ0n) is 49.4. The Morgan fingerprint density at radius 2 is 0.597 bits per heavy atom. The van der Waals surface area contributed by atoms with Gasteiger partial charge in [-0.15, -0.1) is 0 Å². The monoisotopic (exact) mass is 984 g/mol. The van der Waals surface area contributed by atoms with Crippen LogP contribution < -0.4 is 18.3 Å². The van der Waals surface area contributed by atoms with E-state index in [2.05, 4.69) is 86.0 Å². The molecule has 8 rings (SSSR count). The number of pyridine rings is 3. The highest BCUT2D eigenvalue weighted by atomic mass is 15.0. The Bertz CT molecular complexity index is 1980. The first-order valence-corrected chi connectivity index (χ1v) is 26.1. The number of hydrogen-bond donors (Lipinski definition) is 0. The molecule has 0 aliphatic heterocycles. The summed E-state index contributed by atoms with van der Waals surface area (Å²) < 4.78 is 8.01. The zero-order chi connectivity index (χ0) is 55.9. The molecule has 8 aromatic rings. The fraction of sp³-hybridized carbons (Fsp3) is 0.393. The van der Waals surface area contributed by atoms with Crippen LogP contribution >= 0.6 is 0 Å². The molecule has 72 heavy (non-hydrogen) atoms. The number of hydrogen-bond acceptors (Lipinski definition) is 7. The molecular weight excluding hydrogens is 887 g/mol. The Labute approximate surface area is 439 Å². The van der Waals surface area contributed by atoms with Crippen molar-refractivity contribution in [2.45, 2.75) is 138 Å². The largest absolute Gasteiger partial charge is 0.286 e. The molecule has 0 N–H and O–H groups in total. The van der Waals surface area contributed by atoms with Gasteiger partial charge in [-0.1, -0.05) is 155 Å². The second-order valence-electron chi connectivity index (χ2n) is 13.1. The predicted molar refractivity (Wildman–Crippen MR) is 307 cm³/mol. The third-order valence-corrected chi connectivity index (χ3v) is 9.07. The fourth-order valence-corrected chi connectivity index (χ4v) is 5.95. The van der Waals surface area contributed by atoms with Crippen LogP contribution in [0.4, 0.5) is 0 Å². The van der Waals surface area contributed by atoms with Crippen molar-refractivity contribution in [2.75, 3.05) is 0 Å². The van der Waals surface area contributed by atoms with E-state index in [1.165, 1.54) is 33.5 Å². The maximum Gasteiger partial charge on any atom is 0.286 e. The lowest BCUT2D eigenvalue weighted by Crippen LogP contribution is -2.31. The van der Waals surface area contributed by atoms with E-state index in [9.17, 15) is 0 Å². The van der Waals surface area contributed by atoms with Gasteiger partial charge in [0.1, 0.15) is 47.6 Å². The van der Waals surface area contributed by atoms with E-state index in [1.807, 2.05) is 238 Å².